The molecule has 0 heterocycles. The summed E-state index contributed by atoms with van der Waals surface area (Å²) in [6.07, 6.45) is 0. The molecule has 8 heteroatoms. The predicted molar refractivity (Wildman–Crippen MR) is 68.4 cm³/mol. The van der Waals surface area contributed by atoms with E-state index in [1.807, 2.05) is 0 Å². The maximum atomic E-state index is 11.1. The Kier molecular flexibility index (Phi) is 5.03. The smallest absolute Gasteiger partial charge is 0.247 e. The highest BCUT2D eigenvalue weighted by molar-refractivity contribution is 9.10. The monoisotopic (exact) mass is 372 g/mol. The first-order valence-corrected chi connectivity index (χ1v) is 9.62. The van der Waals surface area contributed by atoms with Gasteiger partial charge in [0.15, 0.2) is 0 Å². The highest BCUT2D eigenvalue weighted by atomic mass is 79.9. The van der Waals surface area contributed by atoms with Crippen molar-refractivity contribution in [2.45, 2.75) is 4.90 Å². The van der Waals surface area contributed by atoms with Crippen molar-refractivity contribution >= 4 is 77.5 Å². The van der Waals surface area contributed by atoms with Crippen molar-refractivity contribution < 1.29 is 4.89 Å². The van der Waals surface area contributed by atoms with Gasteiger partial charge in [-0.05, 0) is 44.5 Å². The van der Waals surface area contributed by atoms with Crippen LogP contribution in [0.5, 0.6) is 0 Å². The van der Waals surface area contributed by atoms with Crippen molar-refractivity contribution in [1.82, 2.24) is 0 Å². The van der Waals surface area contributed by atoms with Gasteiger partial charge in [0, 0.05) is 10.5 Å². The van der Waals surface area contributed by atoms with E-state index >= 15 is 0 Å². The van der Waals surface area contributed by atoms with Gasteiger partial charge in [-0.3, -0.25) is 0 Å². The molecular weight excluding hydrogens is 373 g/mol. The van der Waals surface area contributed by atoms with Crippen molar-refractivity contribution in [3.63, 3.8) is 0 Å². The van der Waals surface area contributed by atoms with Crippen molar-refractivity contribution in [2.75, 3.05) is 0 Å². The maximum Gasteiger partial charge on any atom is 0.247 e. The molecule has 78 valence electrons. The molecule has 0 unspecified atom stereocenters. The lowest BCUT2D eigenvalue weighted by Crippen LogP contribution is -1.89. The second-order valence-corrected chi connectivity index (χ2v) is 12.0. The summed E-state index contributed by atoms with van der Waals surface area (Å²) in [5, 5.41) is 0.853. The third kappa shape index (κ3) is 4.15. The van der Waals surface area contributed by atoms with Crippen molar-refractivity contribution in [1.29, 1.82) is 0 Å². The van der Waals surface area contributed by atoms with E-state index in [1.165, 1.54) is 0 Å². The minimum atomic E-state index is -3.25. The Labute approximate surface area is 113 Å². The first kappa shape index (κ1) is 13.5. The zero-order valence-corrected chi connectivity index (χ0v) is 12.6. The quantitative estimate of drug-likeness (QED) is 0.396. The minimum absolute atomic E-state index is 0.396. The second-order valence-electron chi connectivity index (χ2n) is 2.20. The average molecular weight is 375 g/mol. The fourth-order valence-corrected chi connectivity index (χ4v) is 4.86. The van der Waals surface area contributed by atoms with Gasteiger partial charge in [-0.25, -0.2) is 0 Å². The number of hydrogen-bond acceptors (Lipinski definition) is 1. The van der Waals surface area contributed by atoms with Crippen LogP contribution in [0.15, 0.2) is 21.5 Å². The highest BCUT2D eigenvalue weighted by Crippen LogP contribution is 2.51. The molecule has 0 saturated heterocycles. The van der Waals surface area contributed by atoms with Crippen molar-refractivity contribution in [3.05, 3.63) is 26.7 Å². The van der Waals surface area contributed by atoms with Gasteiger partial charge in [-0.1, -0.05) is 23.2 Å². The van der Waals surface area contributed by atoms with Gasteiger partial charge >= 0.3 is 0 Å². The van der Waals surface area contributed by atoms with E-state index in [2.05, 4.69) is 15.9 Å². The summed E-state index contributed by atoms with van der Waals surface area (Å²) in [5.74, 6) is 0. The molecule has 14 heavy (non-hydrogen) atoms. The molecule has 1 rings (SSSR count). The van der Waals surface area contributed by atoms with Crippen LogP contribution < -0.4 is 4.89 Å². The summed E-state index contributed by atoms with van der Waals surface area (Å²) >= 11 is 25.7. The summed E-state index contributed by atoms with van der Waals surface area (Å²) in [4.78, 5) is 8.36. The van der Waals surface area contributed by atoms with Gasteiger partial charge in [0.2, 0.25) is 20.8 Å². The fourth-order valence-electron chi connectivity index (χ4n) is 0.689. The third-order valence-electron chi connectivity index (χ3n) is 1.18. The zero-order chi connectivity index (χ0) is 10.9. The van der Waals surface area contributed by atoms with Gasteiger partial charge in [0.25, 0.3) is 0 Å². The second kappa shape index (κ2) is 5.20. The Balaban J connectivity index is 3.31. The van der Waals surface area contributed by atoms with E-state index < -0.39 is 4.97 Å². The number of hydrogen-bond donors (Lipinski definition) is 0. The molecule has 0 bridgehead atoms. The van der Waals surface area contributed by atoms with Crippen molar-refractivity contribution in [3.8, 4) is 0 Å². The van der Waals surface area contributed by atoms with E-state index in [4.69, 9.17) is 45.7 Å². The first-order valence-electron chi connectivity index (χ1n) is 3.13. The van der Waals surface area contributed by atoms with Crippen LogP contribution in [-0.4, -0.2) is 0 Å². The van der Waals surface area contributed by atoms with Crippen LogP contribution in [0.1, 0.15) is 0 Å². The molecule has 0 spiro atoms. The SMILES string of the molecule is [O-]P(Cl)(Cl)=[S+]c1cc(Cl)c(Br)cc1Cl. The standard InChI is InChI=1S/C6H2BrCl4OPS/c7-3-1-5(9)6(2-4(3)8)14-13(10,11)12/h1-2H. The summed E-state index contributed by atoms with van der Waals surface area (Å²) in [7, 11) is 0.799. The Bertz CT molecular complexity index is 410. The Morgan fingerprint density at radius 1 is 1.21 bits per heavy atom. The van der Waals surface area contributed by atoms with E-state index in [0.717, 1.165) is 10.9 Å². The van der Waals surface area contributed by atoms with Crippen LogP contribution in [0, 0.1) is 0 Å². The first-order chi connectivity index (χ1) is 6.29. The predicted octanol–water partition coefficient (Wildman–Crippen LogP) is 4.71. The van der Waals surface area contributed by atoms with Crippen LogP contribution >= 0.6 is 66.6 Å². The molecule has 0 saturated carbocycles. The van der Waals surface area contributed by atoms with Crippen LogP contribution in [0.4, 0.5) is 0 Å². The number of benzene rings is 1. The molecule has 0 N–H and O–H groups in total. The molecule has 0 aliphatic rings. The van der Waals surface area contributed by atoms with Gasteiger partial charge in [0.1, 0.15) is 5.02 Å². The summed E-state index contributed by atoms with van der Waals surface area (Å²) in [5.41, 5.74) is 0. The fraction of sp³-hybridized carbons (Fsp3) is 0. The minimum Gasteiger partial charge on any atom is -0.762 e. The molecule has 0 atom stereocenters. The van der Waals surface area contributed by atoms with E-state index in [0.29, 0.717) is 19.4 Å². The molecule has 0 aromatic heterocycles. The molecule has 0 aliphatic heterocycles. The topological polar surface area (TPSA) is 23.1 Å². The number of halogens is 5. The number of rotatable bonds is 1. The molecular formula is C6H2BrCl4OPS. The van der Waals surface area contributed by atoms with Crippen LogP contribution in [0.2, 0.25) is 10.0 Å². The van der Waals surface area contributed by atoms with E-state index in [-0.39, 0.29) is 0 Å². The van der Waals surface area contributed by atoms with Gasteiger partial charge in [0.05, 0.1) is 5.02 Å². The largest absolute Gasteiger partial charge is 0.762 e. The lowest BCUT2D eigenvalue weighted by atomic mass is 10.4. The van der Waals surface area contributed by atoms with E-state index in [1.54, 1.807) is 12.1 Å². The molecule has 0 amide bonds. The Morgan fingerprint density at radius 3 is 2.29 bits per heavy atom. The average Bonchev–Trinajstić information content (AvgIpc) is 1.97. The molecule has 1 aromatic carbocycles. The Morgan fingerprint density at radius 2 is 1.79 bits per heavy atom. The lowest BCUT2D eigenvalue weighted by Gasteiger charge is -2.00. The van der Waals surface area contributed by atoms with E-state index in [9.17, 15) is 4.89 Å². The molecule has 0 radical (unpaired) electrons. The lowest BCUT2D eigenvalue weighted by molar-refractivity contribution is -0.150. The molecule has 0 aliphatic carbocycles. The normalized spacial score (nSPS) is 11.6. The van der Waals surface area contributed by atoms with Crippen LogP contribution in [0.25, 0.3) is 0 Å². The van der Waals surface area contributed by atoms with Gasteiger partial charge in [-0.15, -0.1) is 0 Å². The van der Waals surface area contributed by atoms with Gasteiger partial charge < -0.3 is 4.89 Å². The summed E-state index contributed by atoms with van der Waals surface area (Å²) < 4.78 is 0.660. The van der Waals surface area contributed by atoms with Crippen molar-refractivity contribution in [2.24, 2.45) is 0 Å². The van der Waals surface area contributed by atoms with Gasteiger partial charge in [-0.2, -0.15) is 0 Å². The third-order valence-corrected chi connectivity index (χ3v) is 6.02. The van der Waals surface area contributed by atoms with Crippen LogP contribution in [0.3, 0.4) is 0 Å². The molecule has 1 aromatic rings. The van der Waals surface area contributed by atoms with Crippen LogP contribution in [-0.2, 0) is 10.9 Å². The molecule has 0 fully saturated rings. The Hall–Kier alpha value is 1.47. The maximum absolute atomic E-state index is 11.1. The molecule has 1 nitrogen and oxygen atoms in total. The zero-order valence-electron chi connectivity index (χ0n) is 6.31. The summed E-state index contributed by atoms with van der Waals surface area (Å²) in [6, 6.07) is 3.14. The highest BCUT2D eigenvalue weighted by Gasteiger charge is 2.17. The summed E-state index contributed by atoms with van der Waals surface area (Å²) in [6.45, 7) is 0.